The van der Waals surface area contributed by atoms with Crippen molar-refractivity contribution in [3.8, 4) is 0 Å². The van der Waals surface area contributed by atoms with Crippen LogP contribution in [0.2, 0.25) is 0 Å². The van der Waals surface area contributed by atoms with E-state index in [1.165, 1.54) is 32.4 Å². The van der Waals surface area contributed by atoms with Crippen molar-refractivity contribution in [1.82, 2.24) is 9.80 Å². The van der Waals surface area contributed by atoms with Gasteiger partial charge in [0.2, 0.25) is 0 Å². The van der Waals surface area contributed by atoms with Gasteiger partial charge in [0.05, 0.1) is 5.56 Å². The largest absolute Gasteiger partial charge is 0.455 e. The van der Waals surface area contributed by atoms with Crippen LogP contribution in [0.3, 0.4) is 0 Å². The van der Waals surface area contributed by atoms with Crippen LogP contribution >= 0.6 is 0 Å². The average molecular weight is 344 g/mol. The van der Waals surface area contributed by atoms with Crippen LogP contribution in [0, 0.1) is 6.92 Å². The SMILES string of the molecule is Cc1c(C(=O)N2CCC(N3CCCCC3)CC2)oc2c1C(=O)CCC2. The molecule has 0 radical (unpaired) electrons. The summed E-state index contributed by atoms with van der Waals surface area (Å²) in [6.07, 6.45) is 8.24. The molecule has 1 aromatic heterocycles. The van der Waals surface area contributed by atoms with Crippen molar-refractivity contribution in [2.75, 3.05) is 26.2 Å². The first-order valence-corrected chi connectivity index (χ1v) is 9.84. The van der Waals surface area contributed by atoms with Gasteiger partial charge in [-0.25, -0.2) is 0 Å². The van der Waals surface area contributed by atoms with Gasteiger partial charge >= 0.3 is 0 Å². The Bertz CT molecular complexity index is 665. The number of carbonyl (C=O) groups is 2. The topological polar surface area (TPSA) is 53.8 Å². The second-order valence-corrected chi connectivity index (χ2v) is 7.75. The fourth-order valence-electron chi connectivity index (χ4n) is 4.71. The highest BCUT2D eigenvalue weighted by molar-refractivity contribution is 6.03. The number of piperidine rings is 2. The molecule has 1 aromatic rings. The van der Waals surface area contributed by atoms with E-state index in [-0.39, 0.29) is 11.7 Å². The molecule has 0 N–H and O–H groups in total. The molecule has 0 unspecified atom stereocenters. The predicted molar refractivity (Wildman–Crippen MR) is 95.1 cm³/mol. The minimum atomic E-state index is -0.0307. The van der Waals surface area contributed by atoms with Gasteiger partial charge in [-0.05, 0) is 52.1 Å². The number of ketones is 1. The monoisotopic (exact) mass is 344 g/mol. The lowest BCUT2D eigenvalue weighted by Crippen LogP contribution is -2.48. The quantitative estimate of drug-likeness (QED) is 0.827. The predicted octanol–water partition coefficient (Wildman–Crippen LogP) is 3.20. The zero-order valence-corrected chi connectivity index (χ0v) is 15.2. The van der Waals surface area contributed by atoms with Crippen molar-refractivity contribution in [3.05, 3.63) is 22.6 Å². The van der Waals surface area contributed by atoms with E-state index in [2.05, 4.69) is 4.90 Å². The molecule has 1 amide bonds. The van der Waals surface area contributed by atoms with Crippen LogP contribution in [0.25, 0.3) is 0 Å². The fraction of sp³-hybridized carbons (Fsp3) is 0.700. The molecule has 3 aliphatic rings. The highest BCUT2D eigenvalue weighted by atomic mass is 16.4. The molecule has 5 nitrogen and oxygen atoms in total. The van der Waals surface area contributed by atoms with Gasteiger partial charge in [-0.2, -0.15) is 0 Å². The Morgan fingerprint density at radius 1 is 1.00 bits per heavy atom. The third-order valence-corrected chi connectivity index (χ3v) is 6.16. The van der Waals surface area contributed by atoms with Gasteiger partial charge in [0.1, 0.15) is 5.76 Å². The Labute approximate surface area is 149 Å². The molecule has 4 rings (SSSR count). The number of fused-ring (bicyclic) bond motifs is 1. The first kappa shape index (κ1) is 16.8. The second kappa shape index (κ2) is 6.94. The second-order valence-electron chi connectivity index (χ2n) is 7.75. The van der Waals surface area contributed by atoms with Crippen LogP contribution in [0.4, 0.5) is 0 Å². The van der Waals surface area contributed by atoms with E-state index < -0.39 is 0 Å². The zero-order valence-electron chi connectivity index (χ0n) is 15.2. The summed E-state index contributed by atoms with van der Waals surface area (Å²) in [6, 6.07) is 0.622. The lowest BCUT2D eigenvalue weighted by molar-refractivity contribution is 0.0559. The highest BCUT2D eigenvalue weighted by Crippen LogP contribution is 2.31. The Kier molecular flexibility index (Phi) is 4.67. The van der Waals surface area contributed by atoms with Crippen LogP contribution in [0.1, 0.15) is 77.2 Å². The van der Waals surface area contributed by atoms with Gasteiger partial charge in [0.15, 0.2) is 11.5 Å². The summed E-state index contributed by atoms with van der Waals surface area (Å²) in [5, 5.41) is 0. The maximum Gasteiger partial charge on any atom is 0.289 e. The maximum atomic E-state index is 12.9. The van der Waals surface area contributed by atoms with Gasteiger partial charge < -0.3 is 14.2 Å². The van der Waals surface area contributed by atoms with Crippen molar-refractivity contribution in [1.29, 1.82) is 0 Å². The first-order chi connectivity index (χ1) is 12.1. The van der Waals surface area contributed by atoms with Crippen LogP contribution < -0.4 is 0 Å². The fourth-order valence-corrected chi connectivity index (χ4v) is 4.71. The maximum absolute atomic E-state index is 12.9. The number of rotatable bonds is 2. The Morgan fingerprint density at radius 2 is 1.72 bits per heavy atom. The molecule has 136 valence electrons. The third kappa shape index (κ3) is 3.14. The van der Waals surface area contributed by atoms with Gasteiger partial charge in [0, 0.05) is 37.5 Å². The molecule has 0 saturated carbocycles. The van der Waals surface area contributed by atoms with E-state index in [4.69, 9.17) is 4.42 Å². The number of amides is 1. The molecule has 0 atom stereocenters. The van der Waals surface area contributed by atoms with E-state index in [1.54, 1.807) is 0 Å². The minimum absolute atomic E-state index is 0.0307. The Hall–Kier alpha value is -1.62. The van der Waals surface area contributed by atoms with Gasteiger partial charge in [-0.1, -0.05) is 6.42 Å². The molecular formula is C20H28N2O3. The molecule has 2 fully saturated rings. The van der Waals surface area contributed by atoms with Crippen molar-refractivity contribution < 1.29 is 14.0 Å². The van der Waals surface area contributed by atoms with Crippen molar-refractivity contribution in [2.24, 2.45) is 0 Å². The molecule has 2 saturated heterocycles. The standard InChI is InChI=1S/C20H28N2O3/c1-14-18-16(23)6-5-7-17(18)25-19(14)20(24)22-12-8-15(9-13-22)21-10-3-2-4-11-21/h15H,2-13H2,1H3. The number of hydrogen-bond acceptors (Lipinski definition) is 4. The van der Waals surface area contributed by atoms with E-state index >= 15 is 0 Å². The molecule has 25 heavy (non-hydrogen) atoms. The van der Waals surface area contributed by atoms with Crippen LogP contribution in [-0.2, 0) is 6.42 Å². The van der Waals surface area contributed by atoms with Gasteiger partial charge in [-0.15, -0.1) is 0 Å². The van der Waals surface area contributed by atoms with E-state index in [0.29, 0.717) is 23.8 Å². The summed E-state index contributed by atoms with van der Waals surface area (Å²) in [6.45, 7) is 5.87. The molecule has 5 heteroatoms. The smallest absolute Gasteiger partial charge is 0.289 e. The van der Waals surface area contributed by atoms with Crippen molar-refractivity contribution >= 4 is 11.7 Å². The van der Waals surface area contributed by atoms with Crippen molar-refractivity contribution in [2.45, 2.75) is 64.3 Å². The molecule has 2 aliphatic heterocycles. The molecule has 3 heterocycles. The Balaban J connectivity index is 1.43. The molecule has 0 spiro atoms. The summed E-state index contributed by atoms with van der Waals surface area (Å²) in [7, 11) is 0. The van der Waals surface area contributed by atoms with E-state index in [9.17, 15) is 9.59 Å². The van der Waals surface area contributed by atoms with Crippen LogP contribution in [-0.4, -0.2) is 53.7 Å². The third-order valence-electron chi connectivity index (χ3n) is 6.16. The number of nitrogens with zero attached hydrogens (tertiary/aromatic N) is 2. The summed E-state index contributed by atoms with van der Waals surface area (Å²) < 4.78 is 5.84. The minimum Gasteiger partial charge on any atom is -0.455 e. The molecular weight excluding hydrogens is 316 g/mol. The first-order valence-electron chi connectivity index (χ1n) is 9.84. The molecule has 0 aromatic carbocycles. The van der Waals surface area contributed by atoms with E-state index in [1.807, 2.05) is 11.8 Å². The average Bonchev–Trinajstić information content (AvgIpc) is 3.00. The highest BCUT2D eigenvalue weighted by Gasteiger charge is 2.33. The number of likely N-dealkylation sites (tertiary alicyclic amines) is 2. The number of aryl methyl sites for hydroxylation is 1. The van der Waals surface area contributed by atoms with E-state index in [0.717, 1.165) is 50.1 Å². The summed E-state index contributed by atoms with van der Waals surface area (Å²) >= 11 is 0. The lowest BCUT2D eigenvalue weighted by atomic mass is 9.94. The number of furan rings is 1. The summed E-state index contributed by atoms with van der Waals surface area (Å²) in [5.74, 6) is 1.22. The number of Topliss-reactive ketones (excluding diaryl/α,β-unsaturated/α-hetero) is 1. The number of carbonyl (C=O) groups excluding carboxylic acids is 2. The lowest BCUT2D eigenvalue weighted by Gasteiger charge is -2.40. The Morgan fingerprint density at radius 3 is 2.40 bits per heavy atom. The normalized spacial score (nSPS) is 22.9. The summed E-state index contributed by atoms with van der Waals surface area (Å²) in [4.78, 5) is 29.6. The van der Waals surface area contributed by atoms with Crippen LogP contribution in [0.15, 0.2) is 4.42 Å². The molecule has 0 bridgehead atoms. The number of hydrogen-bond donors (Lipinski definition) is 0. The summed E-state index contributed by atoms with van der Waals surface area (Å²) in [5.41, 5.74) is 1.43. The van der Waals surface area contributed by atoms with Crippen LogP contribution in [0.5, 0.6) is 0 Å². The van der Waals surface area contributed by atoms with Gasteiger partial charge in [-0.3, -0.25) is 9.59 Å². The van der Waals surface area contributed by atoms with Gasteiger partial charge in [0.25, 0.3) is 5.91 Å². The zero-order chi connectivity index (χ0) is 17.4. The van der Waals surface area contributed by atoms with Crippen molar-refractivity contribution in [3.63, 3.8) is 0 Å². The molecule has 1 aliphatic carbocycles.